The molecule has 2 atom stereocenters. The van der Waals surface area contributed by atoms with Crippen molar-refractivity contribution in [3.8, 4) is 33.6 Å². The lowest BCUT2D eigenvalue weighted by atomic mass is 10.0. The van der Waals surface area contributed by atoms with Crippen LogP contribution in [0.3, 0.4) is 0 Å². The molecule has 8 nitrogen and oxygen atoms in total. The average molecular weight is 543 g/mol. The van der Waals surface area contributed by atoms with Gasteiger partial charge < -0.3 is 20.0 Å². The van der Waals surface area contributed by atoms with E-state index in [2.05, 4.69) is 25.3 Å². The zero-order valence-corrected chi connectivity index (χ0v) is 23.1. The number of aromatic nitrogens is 4. The molecular weight excluding hydrogens is 507 g/mol. The minimum absolute atomic E-state index is 0.218. The number of rotatable bonds is 5. The van der Waals surface area contributed by atoms with E-state index in [-0.39, 0.29) is 18.0 Å². The number of hydrogen-bond acceptors (Lipinski definition) is 5. The number of ether oxygens (including phenoxy) is 1. The van der Waals surface area contributed by atoms with Gasteiger partial charge in [-0.25, -0.2) is 19.2 Å². The number of carbonyl (C=O) groups excluding carboxylic acids is 1. The molecule has 208 valence electrons. The lowest BCUT2D eigenvalue weighted by Crippen LogP contribution is -2.36. The quantitative estimate of drug-likeness (QED) is 0.259. The number of carbonyl (C=O) groups is 1. The van der Waals surface area contributed by atoms with E-state index in [1.807, 2.05) is 57.3 Å². The number of hydrogen-bond donors (Lipinski definition) is 3. The molecule has 2 fully saturated rings. The zero-order valence-electron chi connectivity index (χ0n) is 23.1. The number of nitrogens with zero attached hydrogens (tertiary/aromatic N) is 3. The van der Waals surface area contributed by atoms with E-state index in [1.54, 1.807) is 23.2 Å². The summed E-state index contributed by atoms with van der Waals surface area (Å²) in [5, 5.41) is 3.46. The van der Waals surface area contributed by atoms with E-state index in [0.717, 1.165) is 54.0 Å². The van der Waals surface area contributed by atoms with Crippen LogP contribution in [-0.4, -0.2) is 49.6 Å². The molecule has 0 saturated carbocycles. The van der Waals surface area contributed by atoms with Gasteiger partial charge in [0.15, 0.2) is 0 Å². The van der Waals surface area contributed by atoms with Gasteiger partial charge in [0, 0.05) is 12.1 Å². The monoisotopic (exact) mass is 542 g/mol. The van der Waals surface area contributed by atoms with Crippen LogP contribution < -0.4 is 5.32 Å². The number of amides is 1. The first kappa shape index (κ1) is 26.3. The predicted octanol–water partition coefficient (Wildman–Crippen LogP) is 6.77. The van der Waals surface area contributed by atoms with Crippen LogP contribution in [0, 0.1) is 5.82 Å². The first-order valence-corrected chi connectivity index (χ1v) is 14.0. The van der Waals surface area contributed by atoms with Crippen molar-refractivity contribution in [3.05, 3.63) is 72.3 Å². The van der Waals surface area contributed by atoms with Gasteiger partial charge in [-0.2, -0.15) is 0 Å². The fourth-order valence-electron chi connectivity index (χ4n) is 5.57. The Morgan fingerprint density at radius 2 is 1.62 bits per heavy atom. The summed E-state index contributed by atoms with van der Waals surface area (Å²) in [6, 6.07) is 13.4. The highest BCUT2D eigenvalue weighted by Gasteiger charge is 2.35. The van der Waals surface area contributed by atoms with Crippen molar-refractivity contribution < 1.29 is 13.9 Å². The summed E-state index contributed by atoms with van der Waals surface area (Å²) in [7, 11) is 0. The molecule has 0 spiro atoms. The third-order valence-electron chi connectivity index (χ3n) is 7.57. The third-order valence-corrected chi connectivity index (χ3v) is 7.57. The van der Waals surface area contributed by atoms with Crippen molar-refractivity contribution in [2.24, 2.45) is 0 Å². The first-order chi connectivity index (χ1) is 19.2. The smallest absolute Gasteiger partial charge is 0.410 e. The molecule has 3 N–H and O–H groups in total. The molecule has 40 heavy (non-hydrogen) atoms. The van der Waals surface area contributed by atoms with Crippen LogP contribution >= 0.6 is 0 Å². The van der Waals surface area contributed by atoms with Crippen LogP contribution in [0.2, 0.25) is 0 Å². The average Bonchev–Trinajstić information content (AvgIpc) is 3.74. The maximum absolute atomic E-state index is 15.3. The minimum atomic E-state index is -0.570. The fourth-order valence-corrected chi connectivity index (χ4v) is 5.57. The summed E-state index contributed by atoms with van der Waals surface area (Å²) in [4.78, 5) is 30.2. The summed E-state index contributed by atoms with van der Waals surface area (Å²) in [6.45, 7) is 7.19. The van der Waals surface area contributed by atoms with Gasteiger partial charge in [-0.15, -0.1) is 0 Å². The maximum atomic E-state index is 15.3. The molecule has 4 aromatic rings. The minimum Gasteiger partial charge on any atom is -0.444 e. The molecule has 9 heteroatoms. The van der Waals surface area contributed by atoms with Gasteiger partial charge in [0.2, 0.25) is 0 Å². The molecule has 6 rings (SSSR count). The first-order valence-electron chi connectivity index (χ1n) is 14.0. The lowest BCUT2D eigenvalue weighted by Gasteiger charge is -2.27. The Morgan fingerprint density at radius 3 is 2.35 bits per heavy atom. The standard InChI is InChI=1S/C31H35FN6O2/c1-31(2,3)40-30(39)38-15-5-7-27(38)29-35-18-26(37-29)22-13-12-21(16-23(22)32)19-8-10-20(11-9-19)25-17-34-28(36-25)24-6-4-14-33-24/h8-13,16-18,24,27,33H,4-7,14-15H2,1-3H3,(H,34,36)(H,35,37)/t24-,27-/m0/s1. The number of H-pyrrole nitrogens is 2. The van der Waals surface area contributed by atoms with Crippen molar-refractivity contribution in [1.29, 1.82) is 0 Å². The molecule has 2 aliphatic heterocycles. The Morgan fingerprint density at radius 1 is 0.925 bits per heavy atom. The molecular formula is C31H35FN6O2. The Labute approximate surface area is 233 Å². The number of aromatic amines is 2. The molecule has 2 aliphatic rings. The second-order valence-corrected chi connectivity index (χ2v) is 11.6. The van der Waals surface area contributed by atoms with Crippen molar-refractivity contribution in [2.75, 3.05) is 13.1 Å². The Hall–Kier alpha value is -3.98. The van der Waals surface area contributed by atoms with Gasteiger partial charge >= 0.3 is 6.09 Å². The molecule has 1 amide bonds. The van der Waals surface area contributed by atoms with E-state index < -0.39 is 5.60 Å². The predicted molar refractivity (Wildman–Crippen MR) is 152 cm³/mol. The zero-order chi connectivity index (χ0) is 27.9. The SMILES string of the molecule is CC(C)(C)OC(=O)N1CCC[C@H]1c1ncc(-c2ccc(-c3ccc(-c4cnc([C@@H]5CCCN5)[nH]4)cc3)cc2F)[nH]1. The number of likely N-dealkylation sites (tertiary alicyclic amines) is 1. The van der Waals surface area contributed by atoms with Crippen molar-refractivity contribution in [3.63, 3.8) is 0 Å². The van der Waals surface area contributed by atoms with Crippen LogP contribution in [0.5, 0.6) is 0 Å². The fraction of sp³-hybridized carbons (Fsp3) is 0.387. The van der Waals surface area contributed by atoms with Crippen LogP contribution in [-0.2, 0) is 4.74 Å². The normalized spacial score (nSPS) is 19.4. The summed E-state index contributed by atoms with van der Waals surface area (Å²) in [5.41, 5.74) is 4.17. The van der Waals surface area contributed by atoms with Crippen LogP contribution in [0.1, 0.15) is 70.2 Å². The number of halogens is 1. The number of benzene rings is 2. The summed E-state index contributed by atoms with van der Waals surface area (Å²) in [6.07, 6.45) is 7.05. The van der Waals surface area contributed by atoms with Gasteiger partial charge in [0.1, 0.15) is 23.1 Å². The van der Waals surface area contributed by atoms with Gasteiger partial charge in [-0.1, -0.05) is 30.3 Å². The molecule has 0 bridgehead atoms. The second-order valence-electron chi connectivity index (χ2n) is 11.6. The molecule has 2 saturated heterocycles. The van der Waals surface area contributed by atoms with Gasteiger partial charge in [0.05, 0.1) is 35.9 Å². The molecule has 2 aromatic carbocycles. The summed E-state index contributed by atoms with van der Waals surface area (Å²) in [5.74, 6) is 1.28. The highest BCUT2D eigenvalue weighted by Crippen LogP contribution is 2.34. The van der Waals surface area contributed by atoms with E-state index in [9.17, 15) is 4.79 Å². The maximum Gasteiger partial charge on any atom is 0.410 e. The van der Waals surface area contributed by atoms with Crippen LogP contribution in [0.4, 0.5) is 9.18 Å². The van der Waals surface area contributed by atoms with Crippen LogP contribution in [0.25, 0.3) is 33.6 Å². The van der Waals surface area contributed by atoms with E-state index in [1.165, 1.54) is 6.42 Å². The largest absolute Gasteiger partial charge is 0.444 e. The second kappa shape index (κ2) is 10.5. The number of nitrogens with one attached hydrogen (secondary N) is 3. The lowest BCUT2D eigenvalue weighted by molar-refractivity contribution is 0.0218. The number of imidazole rings is 2. The van der Waals surface area contributed by atoms with E-state index >= 15 is 4.39 Å². The Balaban J connectivity index is 1.17. The van der Waals surface area contributed by atoms with E-state index in [4.69, 9.17) is 4.74 Å². The van der Waals surface area contributed by atoms with Gasteiger partial charge in [-0.3, -0.25) is 4.90 Å². The van der Waals surface area contributed by atoms with Gasteiger partial charge in [-0.05, 0) is 81.8 Å². The van der Waals surface area contributed by atoms with Gasteiger partial charge in [0.25, 0.3) is 0 Å². The van der Waals surface area contributed by atoms with Crippen molar-refractivity contribution in [2.45, 2.75) is 64.1 Å². The van der Waals surface area contributed by atoms with Crippen molar-refractivity contribution >= 4 is 6.09 Å². The van der Waals surface area contributed by atoms with Crippen LogP contribution in [0.15, 0.2) is 54.9 Å². The molecule has 0 radical (unpaired) electrons. The molecule has 0 unspecified atom stereocenters. The molecule has 0 aliphatic carbocycles. The Bertz CT molecular complexity index is 1500. The highest BCUT2D eigenvalue weighted by atomic mass is 19.1. The highest BCUT2D eigenvalue weighted by molar-refractivity contribution is 5.72. The molecule has 2 aromatic heterocycles. The summed E-state index contributed by atoms with van der Waals surface area (Å²) >= 11 is 0. The molecule has 4 heterocycles. The third kappa shape index (κ3) is 5.38. The topological polar surface area (TPSA) is 98.9 Å². The van der Waals surface area contributed by atoms with Crippen molar-refractivity contribution in [1.82, 2.24) is 30.2 Å². The summed E-state index contributed by atoms with van der Waals surface area (Å²) < 4.78 is 20.9. The van der Waals surface area contributed by atoms with E-state index in [0.29, 0.717) is 29.7 Å². The Kier molecular flexibility index (Phi) is 6.92.